The van der Waals surface area contributed by atoms with Crippen LogP contribution < -0.4 is 0 Å². The highest BCUT2D eigenvalue weighted by Gasteiger charge is 2.22. The molecule has 2 heterocycles. The number of fused-ring (bicyclic) bond motifs is 1. The maximum absolute atomic E-state index is 12.7. The molecular weight excluding hydrogens is 374 g/mol. The van der Waals surface area contributed by atoms with Crippen LogP contribution in [0.15, 0.2) is 35.6 Å². The maximum atomic E-state index is 12.7. The van der Waals surface area contributed by atoms with Crippen molar-refractivity contribution in [1.82, 2.24) is 15.0 Å². The lowest BCUT2D eigenvalue weighted by Gasteiger charge is -2.13. The van der Waals surface area contributed by atoms with Crippen molar-refractivity contribution < 1.29 is 14.3 Å². The molecule has 1 aromatic carbocycles. The van der Waals surface area contributed by atoms with Crippen LogP contribution >= 0.6 is 11.8 Å². The van der Waals surface area contributed by atoms with Gasteiger partial charge in [-0.05, 0) is 45.1 Å². The van der Waals surface area contributed by atoms with Crippen molar-refractivity contribution in [3.63, 3.8) is 0 Å². The molecule has 0 bridgehead atoms. The van der Waals surface area contributed by atoms with Crippen LogP contribution in [-0.2, 0) is 16.0 Å². The fraction of sp³-hybridized carbons (Fsp3) is 0.333. The number of rotatable bonds is 7. The number of benzene rings is 1. The van der Waals surface area contributed by atoms with Crippen LogP contribution in [0.4, 0.5) is 0 Å². The van der Waals surface area contributed by atoms with Crippen molar-refractivity contribution in [3.05, 3.63) is 53.0 Å². The van der Waals surface area contributed by atoms with Gasteiger partial charge in [-0.25, -0.2) is 9.97 Å². The summed E-state index contributed by atoms with van der Waals surface area (Å²) in [6.45, 7) is 5.44. The lowest BCUT2D eigenvalue weighted by molar-refractivity contribution is -0.146. The molecule has 2 aromatic heterocycles. The third kappa shape index (κ3) is 4.25. The van der Waals surface area contributed by atoms with Crippen LogP contribution in [0.3, 0.4) is 0 Å². The van der Waals surface area contributed by atoms with E-state index in [9.17, 15) is 9.59 Å². The minimum Gasteiger partial charge on any atom is -0.454 e. The SMILES string of the molecule is CSc1nc(C)c(CCC(=O)O[C@@H](C)C(=O)c2c[nH]c3ccccc23)c(C)n1. The quantitative estimate of drug-likeness (QED) is 0.280. The van der Waals surface area contributed by atoms with Crippen LogP contribution in [0.5, 0.6) is 0 Å². The van der Waals surface area contributed by atoms with Crippen LogP contribution in [0.1, 0.15) is 40.7 Å². The molecule has 1 atom stereocenters. The number of hydrogen-bond acceptors (Lipinski definition) is 6. The van der Waals surface area contributed by atoms with Gasteiger partial charge in [0.15, 0.2) is 11.3 Å². The van der Waals surface area contributed by atoms with E-state index in [0.717, 1.165) is 33.0 Å². The highest BCUT2D eigenvalue weighted by Crippen LogP contribution is 2.21. The van der Waals surface area contributed by atoms with E-state index in [2.05, 4.69) is 15.0 Å². The summed E-state index contributed by atoms with van der Waals surface area (Å²) in [6.07, 6.45) is 3.41. The standard InChI is InChI=1S/C21H23N3O3S/c1-12-15(13(2)24-21(23-12)28-4)9-10-19(25)27-14(3)20(26)17-11-22-18-8-6-5-7-16(17)18/h5-8,11,14,22H,9-10H2,1-4H3/t14-/m0/s1. The fourth-order valence-electron chi connectivity index (χ4n) is 3.19. The average molecular weight is 398 g/mol. The van der Waals surface area contributed by atoms with Crippen molar-refractivity contribution in [2.45, 2.75) is 44.9 Å². The molecule has 0 radical (unpaired) electrons. The van der Waals surface area contributed by atoms with Crippen molar-refractivity contribution >= 4 is 34.4 Å². The van der Waals surface area contributed by atoms with Gasteiger partial charge in [-0.3, -0.25) is 9.59 Å². The molecule has 0 fully saturated rings. The van der Waals surface area contributed by atoms with Gasteiger partial charge in [-0.1, -0.05) is 30.0 Å². The van der Waals surface area contributed by atoms with E-state index in [4.69, 9.17) is 4.74 Å². The summed E-state index contributed by atoms with van der Waals surface area (Å²) < 4.78 is 5.38. The molecule has 0 aliphatic carbocycles. The Hall–Kier alpha value is -2.67. The van der Waals surface area contributed by atoms with Gasteiger partial charge in [0.2, 0.25) is 5.78 Å². The Balaban J connectivity index is 1.62. The fourth-order valence-corrected chi connectivity index (χ4v) is 3.65. The van der Waals surface area contributed by atoms with Gasteiger partial charge >= 0.3 is 5.97 Å². The van der Waals surface area contributed by atoms with Crippen LogP contribution in [-0.4, -0.2) is 39.1 Å². The number of ether oxygens (including phenoxy) is 1. The smallest absolute Gasteiger partial charge is 0.306 e. The molecule has 0 aliphatic rings. The zero-order chi connectivity index (χ0) is 20.3. The van der Waals surface area contributed by atoms with E-state index in [1.165, 1.54) is 11.8 Å². The number of nitrogens with zero attached hydrogens (tertiary/aromatic N) is 2. The molecule has 0 aliphatic heterocycles. The topological polar surface area (TPSA) is 84.9 Å². The van der Waals surface area contributed by atoms with Gasteiger partial charge in [0.1, 0.15) is 0 Å². The minimum atomic E-state index is -0.844. The Labute approximate surface area is 168 Å². The van der Waals surface area contributed by atoms with E-state index < -0.39 is 12.1 Å². The molecular formula is C21H23N3O3S. The number of aryl methyl sites for hydroxylation is 2. The van der Waals surface area contributed by atoms with Crippen LogP contribution in [0.25, 0.3) is 10.9 Å². The van der Waals surface area contributed by atoms with Crippen LogP contribution in [0.2, 0.25) is 0 Å². The van der Waals surface area contributed by atoms with Gasteiger partial charge in [0, 0.05) is 40.5 Å². The van der Waals surface area contributed by atoms with Crippen molar-refractivity contribution in [2.75, 3.05) is 6.26 Å². The first-order valence-corrected chi connectivity index (χ1v) is 10.3. The Morgan fingerprint density at radius 3 is 2.54 bits per heavy atom. The molecule has 7 heteroatoms. The highest BCUT2D eigenvalue weighted by atomic mass is 32.2. The van der Waals surface area contributed by atoms with Crippen molar-refractivity contribution in [1.29, 1.82) is 0 Å². The lowest BCUT2D eigenvalue weighted by Crippen LogP contribution is -2.24. The Morgan fingerprint density at radius 2 is 1.86 bits per heavy atom. The van der Waals surface area contributed by atoms with Crippen molar-refractivity contribution in [3.8, 4) is 0 Å². The molecule has 0 amide bonds. The zero-order valence-electron chi connectivity index (χ0n) is 16.4. The number of ketones is 1. The first-order valence-electron chi connectivity index (χ1n) is 9.08. The largest absolute Gasteiger partial charge is 0.454 e. The number of esters is 1. The molecule has 0 unspecified atom stereocenters. The number of nitrogens with one attached hydrogen (secondary N) is 1. The Kier molecular flexibility index (Phi) is 6.14. The molecule has 6 nitrogen and oxygen atoms in total. The van der Waals surface area contributed by atoms with E-state index >= 15 is 0 Å². The maximum Gasteiger partial charge on any atom is 0.306 e. The number of thioether (sulfide) groups is 1. The number of aromatic amines is 1. The lowest BCUT2D eigenvalue weighted by atomic mass is 10.1. The zero-order valence-corrected chi connectivity index (χ0v) is 17.2. The summed E-state index contributed by atoms with van der Waals surface area (Å²) in [7, 11) is 0. The number of Topliss-reactive ketones (excluding diaryl/α,β-unsaturated/α-hetero) is 1. The third-order valence-electron chi connectivity index (χ3n) is 4.69. The minimum absolute atomic E-state index is 0.176. The number of aromatic nitrogens is 3. The normalized spacial score (nSPS) is 12.1. The molecule has 28 heavy (non-hydrogen) atoms. The predicted molar refractivity (Wildman–Crippen MR) is 110 cm³/mol. The summed E-state index contributed by atoms with van der Waals surface area (Å²) in [5, 5.41) is 1.55. The number of carbonyl (C=O) groups is 2. The number of carbonyl (C=O) groups excluding carboxylic acids is 2. The third-order valence-corrected chi connectivity index (χ3v) is 5.24. The van der Waals surface area contributed by atoms with E-state index in [-0.39, 0.29) is 12.2 Å². The summed E-state index contributed by atoms with van der Waals surface area (Å²) in [5.41, 5.74) is 4.10. The molecule has 0 spiro atoms. The molecule has 0 saturated heterocycles. The second-order valence-electron chi connectivity index (χ2n) is 6.60. The number of H-pyrrole nitrogens is 1. The molecule has 146 valence electrons. The van der Waals surface area contributed by atoms with Gasteiger partial charge in [-0.2, -0.15) is 0 Å². The number of hydrogen-bond donors (Lipinski definition) is 1. The first kappa shape index (κ1) is 20.1. The van der Waals surface area contributed by atoms with E-state index in [1.54, 1.807) is 13.1 Å². The predicted octanol–water partition coefficient (Wildman–Crippen LogP) is 4.04. The molecule has 1 N–H and O–H groups in total. The Bertz CT molecular complexity index is 1010. The van der Waals surface area contributed by atoms with E-state index in [0.29, 0.717) is 12.0 Å². The van der Waals surface area contributed by atoms with Crippen LogP contribution in [0, 0.1) is 13.8 Å². The molecule has 0 saturated carbocycles. The summed E-state index contributed by atoms with van der Waals surface area (Å²) in [4.78, 5) is 36.9. The first-order chi connectivity index (χ1) is 13.4. The van der Waals surface area contributed by atoms with E-state index in [1.807, 2.05) is 44.4 Å². The summed E-state index contributed by atoms with van der Waals surface area (Å²) >= 11 is 1.49. The highest BCUT2D eigenvalue weighted by molar-refractivity contribution is 7.98. The second kappa shape index (κ2) is 8.56. The Morgan fingerprint density at radius 1 is 1.18 bits per heavy atom. The van der Waals surface area contributed by atoms with Gasteiger partial charge in [0.05, 0.1) is 0 Å². The second-order valence-corrected chi connectivity index (χ2v) is 7.38. The molecule has 3 aromatic rings. The average Bonchev–Trinajstić information content (AvgIpc) is 3.10. The van der Waals surface area contributed by atoms with Gasteiger partial charge in [-0.15, -0.1) is 0 Å². The van der Waals surface area contributed by atoms with Gasteiger partial charge < -0.3 is 9.72 Å². The summed E-state index contributed by atoms with van der Waals surface area (Å²) in [6, 6.07) is 7.55. The van der Waals surface area contributed by atoms with Gasteiger partial charge in [0.25, 0.3) is 0 Å². The number of para-hydroxylation sites is 1. The van der Waals surface area contributed by atoms with Crippen molar-refractivity contribution in [2.24, 2.45) is 0 Å². The summed E-state index contributed by atoms with van der Waals surface area (Å²) in [5.74, 6) is -0.626. The monoisotopic (exact) mass is 397 g/mol. The molecule has 3 rings (SSSR count).